The maximum absolute atomic E-state index is 11.7. The lowest BCUT2D eigenvalue weighted by molar-refractivity contribution is -0.139. The van der Waals surface area contributed by atoms with E-state index in [0.717, 1.165) is 209 Å². The Balaban J connectivity index is 0.000000118. The average Bonchev–Trinajstić information content (AvgIpc) is 1.70. The summed E-state index contributed by atoms with van der Waals surface area (Å²) in [5.74, 6) is 1.87. The summed E-state index contributed by atoms with van der Waals surface area (Å²) < 4.78 is 31.4. The first kappa shape index (κ1) is 75.2. The SMILES string of the molecule is C/C(=N\O)c1ccc2nnc(Cc3ccc4ncc(CN5CCOCC5)cc4c3)n2n1.CC(=O)c1ccc2nnc(Cc3ccc4ncc(CN5CCOCC5)cc4c3)n2n1.COC(=O)Cc1ccc2ncc(CN3CCOCC3)cc2c1.Clc1ccc2nnc(Cc3ccc4ncc(CN5CCOCC5)cc4c3)n2n1. The smallest absolute Gasteiger partial charge is 0.309 e. The number of hydrogen-bond donors (Lipinski definition) is 1. The van der Waals surface area contributed by atoms with E-state index < -0.39 is 0 Å². The minimum absolute atomic E-state index is 0.0823. The highest BCUT2D eigenvalue weighted by Gasteiger charge is 2.20. The molecule has 111 heavy (non-hydrogen) atoms. The molecule has 4 aliphatic heterocycles. The molecule has 0 atom stereocenters. The van der Waals surface area contributed by atoms with Gasteiger partial charge in [0.2, 0.25) is 0 Å². The lowest BCUT2D eigenvalue weighted by Gasteiger charge is -2.26. The predicted molar refractivity (Wildman–Crippen MR) is 417 cm³/mol. The number of nitrogens with zero attached hydrogens (tertiary/aromatic N) is 21. The van der Waals surface area contributed by atoms with Crippen LogP contribution in [0.5, 0.6) is 0 Å². The van der Waals surface area contributed by atoms with E-state index in [2.05, 4.69) is 145 Å². The van der Waals surface area contributed by atoms with E-state index in [9.17, 15) is 9.59 Å². The van der Waals surface area contributed by atoms with Gasteiger partial charge in [-0.25, -0.2) is 0 Å². The number of aromatic nitrogens is 16. The van der Waals surface area contributed by atoms with Crippen LogP contribution in [-0.4, -0.2) is 234 Å². The molecular weight excluding hydrogens is 1430 g/mol. The summed E-state index contributed by atoms with van der Waals surface area (Å²) in [4.78, 5) is 51.0. The first-order chi connectivity index (χ1) is 54.3. The van der Waals surface area contributed by atoms with Crippen LogP contribution in [0.4, 0.5) is 0 Å². The molecule has 10 aromatic heterocycles. The van der Waals surface area contributed by atoms with E-state index in [4.69, 9.17) is 40.5 Å². The second-order valence-electron chi connectivity index (χ2n) is 27.8. The number of carbonyl (C=O) groups is 2. The Kier molecular flexibility index (Phi) is 24.1. The van der Waals surface area contributed by atoms with Crippen LogP contribution >= 0.6 is 11.6 Å². The predicted octanol–water partition coefficient (Wildman–Crippen LogP) is 9.12. The number of morpholine rings is 4. The van der Waals surface area contributed by atoms with Crippen LogP contribution in [-0.2, 0) is 80.3 Å². The van der Waals surface area contributed by atoms with Crippen molar-refractivity contribution in [3.05, 3.63) is 237 Å². The largest absolute Gasteiger partial charge is 0.469 e. The van der Waals surface area contributed by atoms with E-state index in [1.54, 1.807) is 44.7 Å². The molecule has 0 aliphatic carbocycles. The second-order valence-corrected chi connectivity index (χ2v) is 28.2. The van der Waals surface area contributed by atoms with Gasteiger partial charge in [0.25, 0.3) is 0 Å². The Bertz CT molecular complexity index is 5660. The Morgan fingerprint density at radius 3 is 1.07 bits per heavy atom. The highest BCUT2D eigenvalue weighted by Crippen LogP contribution is 2.25. The molecule has 0 spiro atoms. The van der Waals surface area contributed by atoms with Crippen molar-refractivity contribution in [3.63, 3.8) is 0 Å². The molecule has 568 valence electrons. The number of ketones is 1. The molecule has 4 aliphatic rings. The number of ether oxygens (including phenoxy) is 5. The van der Waals surface area contributed by atoms with Crippen molar-refractivity contribution < 1.29 is 38.5 Å². The normalized spacial score (nSPS) is 15.5. The van der Waals surface area contributed by atoms with Gasteiger partial charge in [0.1, 0.15) is 22.3 Å². The average molecular weight is 1520 g/mol. The lowest BCUT2D eigenvalue weighted by Crippen LogP contribution is -2.35. The molecule has 14 aromatic rings. The molecule has 0 saturated carbocycles. The van der Waals surface area contributed by atoms with E-state index in [0.29, 0.717) is 70.7 Å². The molecule has 4 saturated heterocycles. The minimum atomic E-state index is -0.225. The molecule has 0 bridgehead atoms. The summed E-state index contributed by atoms with van der Waals surface area (Å²) in [5.41, 5.74) is 16.3. The maximum atomic E-state index is 11.7. The van der Waals surface area contributed by atoms with Gasteiger partial charge >= 0.3 is 5.97 Å². The second kappa shape index (κ2) is 35.6. The number of methoxy groups -OCH3 is 1. The number of esters is 1. The summed E-state index contributed by atoms with van der Waals surface area (Å²) in [6, 6.07) is 44.0. The summed E-state index contributed by atoms with van der Waals surface area (Å²) >= 11 is 6.02. The van der Waals surface area contributed by atoms with Crippen molar-refractivity contribution in [3.8, 4) is 0 Å². The van der Waals surface area contributed by atoms with Gasteiger partial charge in [-0.1, -0.05) is 41.0 Å². The number of fused-ring (bicyclic) bond motifs is 7. The molecule has 4 fully saturated rings. The molecular formula is C81H84ClN21O8. The van der Waals surface area contributed by atoms with Crippen LogP contribution in [0.15, 0.2) is 163 Å². The van der Waals surface area contributed by atoms with Crippen LogP contribution in [0.2, 0.25) is 5.15 Å². The number of halogens is 1. The number of rotatable bonds is 18. The fourth-order valence-electron chi connectivity index (χ4n) is 13.8. The molecule has 30 heteroatoms. The Morgan fingerprint density at radius 1 is 0.405 bits per heavy atom. The summed E-state index contributed by atoms with van der Waals surface area (Å²) in [7, 11) is 1.41. The number of Topliss-reactive ketones (excluding diaryl/α,β-unsaturated/α-hetero) is 1. The third-order valence-corrected chi connectivity index (χ3v) is 19.9. The van der Waals surface area contributed by atoms with Crippen LogP contribution in [0.25, 0.3) is 60.6 Å². The standard InChI is InChI=1S/C22H23N7O2.C22H22N6O2.C20H19ClN6O.C17H20N2O3/c1-15(27-30)19-4-5-21-24-25-22(29(21)26-19)12-16-2-3-20-18(10-16)11-17(13-23-20)14-28-6-8-31-9-7-28;1-15(29)19-4-5-21-24-25-22(28(21)26-19)12-16-2-3-20-18(10-16)11-17(13-23-20)14-27-6-8-30-9-7-27;21-18-3-4-19-23-24-20(27(19)25-18)11-14-1-2-17-16(9-14)10-15(12-22-17)13-26-5-7-28-8-6-26;1-21-17(20)10-13-2-3-16-15(8-13)9-14(11-18-16)12-19-4-6-22-7-5-19/h2-5,10-11,13,30H,6-9,12,14H2,1H3;2-5,10-11,13H,6-9,12,14H2,1H3;1-4,9-10,12H,5-8,11,13H2;2-3,8-9,11H,4-7,10,12H2,1H3/b27-15+;;;. The Hall–Kier alpha value is -11.3. The van der Waals surface area contributed by atoms with Crippen LogP contribution in [0, 0.1) is 0 Å². The molecule has 0 radical (unpaired) electrons. The first-order valence-corrected chi connectivity index (χ1v) is 37.5. The van der Waals surface area contributed by atoms with Gasteiger partial charge in [0, 0.05) is 151 Å². The van der Waals surface area contributed by atoms with Gasteiger partial charge in [-0.05, 0) is 161 Å². The van der Waals surface area contributed by atoms with Gasteiger partial charge in [-0.3, -0.25) is 49.1 Å². The van der Waals surface area contributed by atoms with Crippen LogP contribution in [0.3, 0.4) is 0 Å². The van der Waals surface area contributed by atoms with E-state index in [1.165, 1.54) is 36.3 Å². The van der Waals surface area contributed by atoms with Gasteiger partial charge in [0.15, 0.2) is 40.2 Å². The summed E-state index contributed by atoms with van der Waals surface area (Å²) in [6.07, 6.45) is 9.87. The van der Waals surface area contributed by atoms with Crippen molar-refractivity contribution in [2.45, 2.75) is 65.7 Å². The summed E-state index contributed by atoms with van der Waals surface area (Å²) in [5, 5.41) is 55.7. The van der Waals surface area contributed by atoms with E-state index in [-0.39, 0.29) is 11.8 Å². The molecule has 29 nitrogen and oxygen atoms in total. The van der Waals surface area contributed by atoms with Crippen LogP contribution in [0.1, 0.15) is 92.0 Å². The monoisotopic (exact) mass is 1510 g/mol. The van der Waals surface area contributed by atoms with Crippen molar-refractivity contribution in [1.29, 1.82) is 0 Å². The maximum Gasteiger partial charge on any atom is 0.309 e. The Morgan fingerprint density at radius 2 is 0.721 bits per heavy atom. The van der Waals surface area contributed by atoms with Gasteiger partial charge < -0.3 is 28.9 Å². The zero-order valence-corrected chi connectivity index (χ0v) is 62.8. The van der Waals surface area contributed by atoms with Crippen molar-refractivity contribution in [2.75, 3.05) is 112 Å². The molecule has 0 unspecified atom stereocenters. The zero-order chi connectivity index (χ0) is 76.0. The lowest BCUT2D eigenvalue weighted by atomic mass is 10.1. The van der Waals surface area contributed by atoms with E-state index >= 15 is 0 Å². The first-order valence-electron chi connectivity index (χ1n) is 37.1. The van der Waals surface area contributed by atoms with E-state index in [1.807, 2.05) is 79.4 Å². The van der Waals surface area contributed by atoms with Gasteiger partial charge in [0.05, 0.1) is 88.5 Å². The quantitative estimate of drug-likeness (QED) is 0.0275. The van der Waals surface area contributed by atoms with Crippen molar-refractivity contribution in [2.24, 2.45) is 5.16 Å². The molecule has 14 heterocycles. The number of benzene rings is 4. The molecule has 4 aromatic carbocycles. The number of pyridine rings is 4. The molecule has 1 N–H and O–H groups in total. The highest BCUT2D eigenvalue weighted by molar-refractivity contribution is 6.29. The number of carbonyl (C=O) groups excluding carboxylic acids is 2. The molecule has 18 rings (SSSR count). The van der Waals surface area contributed by atoms with Crippen molar-refractivity contribution in [1.82, 2.24) is 99.0 Å². The summed E-state index contributed by atoms with van der Waals surface area (Å²) in [6.45, 7) is 20.7. The third-order valence-electron chi connectivity index (χ3n) is 19.7. The van der Waals surface area contributed by atoms with Crippen molar-refractivity contribution >= 4 is 89.6 Å². The third kappa shape index (κ3) is 19.3. The topological polar surface area (TPSA) is 307 Å². The molecule has 0 amide bonds. The van der Waals surface area contributed by atoms with Crippen LogP contribution < -0.4 is 0 Å². The number of hydrogen-bond acceptors (Lipinski definition) is 26. The fraction of sp³-hybridized carbons (Fsp3) is 0.333. The van der Waals surface area contributed by atoms with Gasteiger partial charge in [-0.15, -0.1) is 30.6 Å². The minimum Gasteiger partial charge on any atom is -0.469 e. The fourth-order valence-corrected chi connectivity index (χ4v) is 13.9. The number of oxime groups is 1. The van der Waals surface area contributed by atoms with Gasteiger partial charge in [-0.2, -0.15) is 28.8 Å². The zero-order valence-electron chi connectivity index (χ0n) is 62.1. The highest BCUT2D eigenvalue weighted by atomic mass is 35.5. The Labute approximate surface area is 643 Å².